The molecular weight excluding hydrogens is 296 g/mol. The van der Waals surface area contributed by atoms with Crippen molar-refractivity contribution in [2.45, 2.75) is 34.6 Å². The van der Waals surface area contributed by atoms with E-state index in [1.54, 1.807) is 31.2 Å². The first-order valence-corrected chi connectivity index (χ1v) is 7.74. The summed E-state index contributed by atoms with van der Waals surface area (Å²) < 4.78 is 5.53. The molecule has 0 radical (unpaired) electrons. The summed E-state index contributed by atoms with van der Waals surface area (Å²) in [7, 11) is 0. The van der Waals surface area contributed by atoms with Crippen LogP contribution in [0.4, 0.5) is 0 Å². The van der Waals surface area contributed by atoms with Gasteiger partial charge in [-0.2, -0.15) is 0 Å². The first kappa shape index (κ1) is 25.2. The van der Waals surface area contributed by atoms with Crippen LogP contribution in [-0.2, 0) is 9.53 Å². The summed E-state index contributed by atoms with van der Waals surface area (Å²) in [6, 6.07) is 0. The largest absolute Gasteiger partial charge is 0.488 e. The summed E-state index contributed by atoms with van der Waals surface area (Å²) in [4.78, 5) is 11.3. The minimum absolute atomic E-state index is 0.274. The summed E-state index contributed by atoms with van der Waals surface area (Å²) in [6.45, 7) is 20.8. The lowest BCUT2D eigenvalue weighted by Gasteiger charge is -2.11. The minimum Gasteiger partial charge on any atom is -0.488 e. The highest BCUT2D eigenvalue weighted by Crippen LogP contribution is 2.16. The third kappa shape index (κ3) is 12.0. The fraction of sp³-hybridized carbons (Fsp3) is 0.316. The van der Waals surface area contributed by atoms with Crippen LogP contribution in [0.25, 0.3) is 0 Å². The molecule has 0 aromatic rings. The highest BCUT2D eigenvalue weighted by atomic mass is 35.5. The Morgan fingerprint density at radius 1 is 1.05 bits per heavy atom. The van der Waals surface area contributed by atoms with Crippen molar-refractivity contribution in [3.63, 3.8) is 0 Å². The number of carbonyl (C=O) groups excluding carboxylic acids is 1. The van der Waals surface area contributed by atoms with Gasteiger partial charge in [-0.15, -0.1) is 0 Å². The zero-order valence-electron chi connectivity index (χ0n) is 14.5. The molecule has 0 aliphatic heterocycles. The van der Waals surface area contributed by atoms with Gasteiger partial charge in [0, 0.05) is 0 Å². The maximum Gasteiger partial charge on any atom is 0.256 e. The quantitative estimate of drug-likeness (QED) is 0.232. The average molecular weight is 325 g/mol. The van der Waals surface area contributed by atoms with E-state index in [2.05, 4.69) is 19.7 Å². The SMILES string of the molecule is C=C/C=C(\C=C)COC(=C/C)/C(=C\C=C)C(=O)Cl.CC.CC. The Balaban J connectivity index is -0.000000826. The molecule has 0 aliphatic rings. The molecule has 22 heavy (non-hydrogen) atoms. The van der Waals surface area contributed by atoms with Crippen molar-refractivity contribution < 1.29 is 9.53 Å². The Hall–Kier alpha value is -1.80. The molecule has 0 atom stereocenters. The average Bonchev–Trinajstić information content (AvgIpc) is 2.56. The van der Waals surface area contributed by atoms with Gasteiger partial charge in [0.2, 0.25) is 0 Å². The van der Waals surface area contributed by atoms with Gasteiger partial charge in [0.15, 0.2) is 0 Å². The van der Waals surface area contributed by atoms with Gasteiger partial charge in [0.05, 0.1) is 5.57 Å². The van der Waals surface area contributed by atoms with Crippen molar-refractivity contribution in [3.05, 3.63) is 73.1 Å². The molecule has 124 valence electrons. The van der Waals surface area contributed by atoms with Crippen molar-refractivity contribution in [1.82, 2.24) is 0 Å². The number of rotatable bonds is 8. The fourth-order valence-corrected chi connectivity index (χ4v) is 1.32. The van der Waals surface area contributed by atoms with Gasteiger partial charge >= 0.3 is 0 Å². The summed E-state index contributed by atoms with van der Waals surface area (Å²) >= 11 is 5.48. The Kier molecular flexibility index (Phi) is 22.0. The summed E-state index contributed by atoms with van der Waals surface area (Å²) in [5.41, 5.74) is 1.13. The number of halogens is 1. The predicted molar refractivity (Wildman–Crippen MR) is 100 cm³/mol. The van der Waals surface area contributed by atoms with Gasteiger partial charge < -0.3 is 4.74 Å². The van der Waals surface area contributed by atoms with E-state index < -0.39 is 5.24 Å². The van der Waals surface area contributed by atoms with E-state index in [1.807, 2.05) is 27.7 Å². The molecular formula is C19H29ClO2. The van der Waals surface area contributed by atoms with Crippen LogP contribution in [0, 0.1) is 0 Å². The van der Waals surface area contributed by atoms with E-state index >= 15 is 0 Å². The smallest absolute Gasteiger partial charge is 0.256 e. The molecule has 0 bridgehead atoms. The molecule has 0 unspecified atom stereocenters. The molecule has 0 saturated heterocycles. The maximum absolute atomic E-state index is 11.3. The number of carbonyl (C=O) groups is 1. The maximum atomic E-state index is 11.3. The van der Waals surface area contributed by atoms with Crippen LogP contribution in [0.2, 0.25) is 0 Å². The van der Waals surface area contributed by atoms with E-state index in [1.165, 1.54) is 12.2 Å². The van der Waals surface area contributed by atoms with Crippen LogP contribution in [-0.4, -0.2) is 11.8 Å². The summed E-state index contributed by atoms with van der Waals surface area (Å²) in [5.74, 6) is 0.409. The molecule has 0 aliphatic carbocycles. The van der Waals surface area contributed by atoms with Crippen LogP contribution in [0.5, 0.6) is 0 Å². The van der Waals surface area contributed by atoms with Gasteiger partial charge in [0.25, 0.3) is 5.24 Å². The van der Waals surface area contributed by atoms with Crippen molar-refractivity contribution in [2.75, 3.05) is 6.61 Å². The lowest BCUT2D eigenvalue weighted by molar-refractivity contribution is -0.108. The minimum atomic E-state index is -0.587. The topological polar surface area (TPSA) is 26.3 Å². The Morgan fingerprint density at radius 3 is 1.86 bits per heavy atom. The number of hydrogen-bond donors (Lipinski definition) is 0. The zero-order chi connectivity index (χ0) is 18.0. The monoisotopic (exact) mass is 324 g/mol. The standard InChI is InChI=1S/C15H17ClO2.2C2H6/c1-5-9-12(7-3)11-18-14(8-4)13(10-6-2)15(16)17;2*1-2/h5-10H,1-3,11H2,4H3;2*1-2H3/b12-9+,13-10+,14-8+;;. The van der Waals surface area contributed by atoms with Gasteiger partial charge in [-0.05, 0) is 36.2 Å². The Morgan fingerprint density at radius 2 is 1.55 bits per heavy atom. The van der Waals surface area contributed by atoms with Crippen LogP contribution < -0.4 is 0 Å². The molecule has 0 rings (SSSR count). The van der Waals surface area contributed by atoms with Crippen LogP contribution in [0.1, 0.15) is 34.6 Å². The van der Waals surface area contributed by atoms with Crippen LogP contribution >= 0.6 is 11.6 Å². The lowest BCUT2D eigenvalue weighted by atomic mass is 10.2. The molecule has 0 saturated carbocycles. The molecule has 3 heteroatoms. The molecule has 0 fully saturated rings. The van der Waals surface area contributed by atoms with Crippen molar-refractivity contribution >= 4 is 16.8 Å². The van der Waals surface area contributed by atoms with E-state index in [9.17, 15) is 4.79 Å². The molecule has 0 aromatic carbocycles. The zero-order valence-corrected chi connectivity index (χ0v) is 15.2. The Labute approximate surface area is 141 Å². The normalized spacial score (nSPS) is 11.1. The van der Waals surface area contributed by atoms with Crippen molar-refractivity contribution in [1.29, 1.82) is 0 Å². The third-order valence-corrected chi connectivity index (χ3v) is 2.22. The first-order chi connectivity index (χ1) is 10.6. The molecule has 0 heterocycles. The van der Waals surface area contributed by atoms with Gasteiger partial charge in [-0.1, -0.05) is 71.7 Å². The van der Waals surface area contributed by atoms with E-state index in [0.717, 1.165) is 5.57 Å². The number of hydrogen-bond acceptors (Lipinski definition) is 2. The van der Waals surface area contributed by atoms with Crippen molar-refractivity contribution in [2.24, 2.45) is 0 Å². The molecule has 0 aromatic heterocycles. The van der Waals surface area contributed by atoms with Gasteiger partial charge in [-0.25, -0.2) is 0 Å². The lowest BCUT2D eigenvalue weighted by Crippen LogP contribution is -2.04. The second-order valence-electron chi connectivity index (χ2n) is 3.21. The van der Waals surface area contributed by atoms with Crippen LogP contribution in [0.3, 0.4) is 0 Å². The Bertz CT molecular complexity index is 427. The van der Waals surface area contributed by atoms with E-state index in [-0.39, 0.29) is 12.2 Å². The van der Waals surface area contributed by atoms with Crippen molar-refractivity contribution in [3.8, 4) is 0 Å². The molecule has 0 spiro atoms. The first-order valence-electron chi connectivity index (χ1n) is 7.36. The van der Waals surface area contributed by atoms with E-state index in [4.69, 9.17) is 16.3 Å². The second kappa shape index (κ2) is 19.2. The third-order valence-electron chi connectivity index (χ3n) is 2.01. The van der Waals surface area contributed by atoms with E-state index in [0.29, 0.717) is 5.76 Å². The van der Waals surface area contributed by atoms with Gasteiger partial charge in [-0.3, -0.25) is 4.79 Å². The van der Waals surface area contributed by atoms with Crippen LogP contribution in [0.15, 0.2) is 73.1 Å². The molecule has 0 amide bonds. The molecule has 0 N–H and O–H groups in total. The van der Waals surface area contributed by atoms with Gasteiger partial charge in [0.1, 0.15) is 12.4 Å². The summed E-state index contributed by atoms with van der Waals surface area (Å²) in [5, 5.41) is -0.587. The highest BCUT2D eigenvalue weighted by Gasteiger charge is 2.12. The predicted octanol–water partition coefficient (Wildman–Crippen LogP) is 6.14. The highest BCUT2D eigenvalue weighted by molar-refractivity contribution is 6.68. The number of allylic oxidation sites excluding steroid dienone is 6. The molecule has 2 nitrogen and oxygen atoms in total. The summed E-state index contributed by atoms with van der Waals surface area (Å²) in [6.07, 6.45) is 9.74. The fourth-order valence-electron chi connectivity index (χ4n) is 1.17. The number of ether oxygens (including phenoxy) is 1. The second-order valence-corrected chi connectivity index (χ2v) is 3.56.